The zero-order valence-corrected chi connectivity index (χ0v) is 30.9. The van der Waals surface area contributed by atoms with Crippen molar-refractivity contribution in [3.8, 4) is 0 Å². The first-order valence-electron chi connectivity index (χ1n) is 18.6. The third-order valence-corrected chi connectivity index (χ3v) is 11.0. The lowest BCUT2D eigenvalue weighted by Gasteiger charge is -2.59. The number of piperidine rings is 1. The summed E-state index contributed by atoms with van der Waals surface area (Å²) in [6.07, 6.45) is 4.11. The van der Waals surface area contributed by atoms with E-state index in [9.17, 15) is 36.3 Å². The van der Waals surface area contributed by atoms with Gasteiger partial charge in [0.2, 0.25) is 17.8 Å². The Morgan fingerprint density at radius 3 is 2.15 bits per heavy atom. The fraction of sp³-hybridized carbons (Fsp3) is 0.450. The van der Waals surface area contributed by atoms with Gasteiger partial charge in [0.05, 0.1) is 33.1 Å². The van der Waals surface area contributed by atoms with Gasteiger partial charge in [-0.3, -0.25) is 14.4 Å². The number of alkyl halides is 3. The number of nitrogens with zero attached hydrogens (tertiary/aromatic N) is 3. The van der Waals surface area contributed by atoms with Crippen molar-refractivity contribution in [1.29, 1.82) is 0 Å². The number of unbranched alkanes of at least 4 members (excludes halogenated alkanes) is 7. The van der Waals surface area contributed by atoms with Crippen LogP contribution in [0, 0.1) is 17.0 Å². The van der Waals surface area contributed by atoms with E-state index in [-0.39, 0.29) is 40.2 Å². The normalized spacial score (nSPS) is 16.8. The molecule has 2 aliphatic heterocycles. The van der Waals surface area contributed by atoms with Gasteiger partial charge in [-0.15, -0.1) is 0 Å². The fourth-order valence-electron chi connectivity index (χ4n) is 7.74. The number of hydrogen-bond donors (Lipinski definition) is 3. The summed E-state index contributed by atoms with van der Waals surface area (Å²) in [5, 5.41) is 11.6. The maximum Gasteiger partial charge on any atom is 0.419 e. The minimum Gasteiger partial charge on any atom is -0.481 e. The molecule has 3 heterocycles. The van der Waals surface area contributed by atoms with Crippen molar-refractivity contribution < 1.29 is 41.4 Å². The van der Waals surface area contributed by atoms with Crippen LogP contribution in [0.15, 0.2) is 54.6 Å². The number of carboxylic acids is 1. The van der Waals surface area contributed by atoms with Gasteiger partial charge in [0, 0.05) is 44.2 Å². The molecule has 0 aliphatic carbocycles. The number of fused-ring (bicyclic) bond motifs is 1. The van der Waals surface area contributed by atoms with Gasteiger partial charge in [0.25, 0.3) is 0 Å². The standard InChI is InChI=1S/C40H43ClF5N5O4/c41-29-21-27(15-16-30(29)42)51-36(26-13-11-25(12-14-26)24-47-34(52)9-7-5-3-1-2-4-6-8-10-35(53)54)39(37(51)55)17-19-50(20-18-39)38-48-32-22-28(40(44,45)46)31(43)23-33(32)49-38/h11-16,21-23,36H,1-10,17-20,24H2,(H,47,52)(H,48,49)(H,53,54). The first-order chi connectivity index (χ1) is 26.3. The molecule has 1 atom stereocenters. The van der Waals surface area contributed by atoms with Crippen LogP contribution in [-0.2, 0) is 27.1 Å². The van der Waals surface area contributed by atoms with Crippen LogP contribution >= 0.6 is 11.6 Å². The Hall–Kier alpha value is -4.72. The Bertz CT molecular complexity index is 2010. The smallest absolute Gasteiger partial charge is 0.419 e. The van der Waals surface area contributed by atoms with Crippen LogP contribution in [0.1, 0.15) is 99.8 Å². The molecule has 0 bridgehead atoms. The van der Waals surface area contributed by atoms with Crippen LogP contribution in [0.3, 0.4) is 0 Å². The highest BCUT2D eigenvalue weighted by Gasteiger charge is 2.62. The summed E-state index contributed by atoms with van der Waals surface area (Å²) in [6, 6.07) is 12.8. The van der Waals surface area contributed by atoms with E-state index in [2.05, 4.69) is 15.3 Å². The van der Waals surface area contributed by atoms with E-state index >= 15 is 0 Å². The van der Waals surface area contributed by atoms with Gasteiger partial charge in [-0.05, 0) is 61.1 Å². The summed E-state index contributed by atoms with van der Waals surface area (Å²) in [4.78, 5) is 47.9. The first-order valence-corrected chi connectivity index (χ1v) is 19.0. The second kappa shape index (κ2) is 17.0. The predicted octanol–water partition coefficient (Wildman–Crippen LogP) is 9.49. The Morgan fingerprint density at radius 1 is 0.891 bits per heavy atom. The number of H-pyrrole nitrogens is 1. The number of anilines is 2. The topological polar surface area (TPSA) is 119 Å². The number of benzene rings is 3. The van der Waals surface area contributed by atoms with E-state index in [0.29, 0.717) is 57.1 Å². The molecule has 1 aromatic heterocycles. The molecular formula is C40H43ClF5N5O4. The molecule has 2 amide bonds. The molecular weight excluding hydrogens is 745 g/mol. The number of aromatic nitrogens is 2. The van der Waals surface area contributed by atoms with E-state index in [1.54, 1.807) is 4.90 Å². The lowest BCUT2D eigenvalue weighted by molar-refractivity contribution is -0.142. The molecule has 6 rings (SSSR count). The highest BCUT2D eigenvalue weighted by molar-refractivity contribution is 6.31. The second-order valence-electron chi connectivity index (χ2n) is 14.5. The summed E-state index contributed by atoms with van der Waals surface area (Å²) in [5.41, 5.74) is 0.0455. The third-order valence-electron chi connectivity index (χ3n) is 10.8. The number of carbonyl (C=O) groups is 3. The Kier molecular flexibility index (Phi) is 12.3. The van der Waals surface area contributed by atoms with Gasteiger partial charge in [0.1, 0.15) is 11.6 Å². The Morgan fingerprint density at radius 2 is 1.53 bits per heavy atom. The molecule has 2 fully saturated rings. The molecule has 55 heavy (non-hydrogen) atoms. The van der Waals surface area contributed by atoms with Crippen LogP contribution in [0.25, 0.3) is 11.0 Å². The number of hydrogen-bond acceptors (Lipinski definition) is 5. The van der Waals surface area contributed by atoms with Crippen LogP contribution < -0.4 is 15.1 Å². The average Bonchev–Trinajstić information content (AvgIpc) is 3.57. The number of rotatable bonds is 16. The molecule has 2 saturated heterocycles. The number of nitrogens with one attached hydrogen (secondary N) is 2. The summed E-state index contributed by atoms with van der Waals surface area (Å²) < 4.78 is 68.3. The van der Waals surface area contributed by atoms with Gasteiger partial charge < -0.3 is 25.2 Å². The fourth-order valence-corrected chi connectivity index (χ4v) is 7.92. The molecule has 2 aliphatic rings. The van der Waals surface area contributed by atoms with E-state index < -0.39 is 40.8 Å². The average molecular weight is 788 g/mol. The lowest BCUT2D eigenvalue weighted by Crippen LogP contribution is -2.66. The highest BCUT2D eigenvalue weighted by atomic mass is 35.5. The van der Waals surface area contributed by atoms with Crippen molar-refractivity contribution in [1.82, 2.24) is 15.3 Å². The van der Waals surface area contributed by atoms with Crippen molar-refractivity contribution in [3.05, 3.63) is 87.9 Å². The summed E-state index contributed by atoms with van der Waals surface area (Å²) in [6.45, 7) is 1.02. The minimum absolute atomic E-state index is 0.0391. The Balaban J connectivity index is 1.07. The van der Waals surface area contributed by atoms with E-state index in [0.717, 1.165) is 62.1 Å². The van der Waals surface area contributed by atoms with Crippen molar-refractivity contribution in [2.24, 2.45) is 5.41 Å². The quantitative estimate of drug-likeness (QED) is 0.0592. The number of aromatic amines is 1. The van der Waals surface area contributed by atoms with Crippen molar-refractivity contribution >= 4 is 52.1 Å². The van der Waals surface area contributed by atoms with E-state index in [1.165, 1.54) is 18.2 Å². The number of amides is 2. The number of β-lactam (4-membered cyclic amide) rings is 1. The minimum atomic E-state index is -4.86. The molecule has 1 spiro atoms. The lowest BCUT2D eigenvalue weighted by atomic mass is 9.62. The largest absolute Gasteiger partial charge is 0.481 e. The molecule has 0 saturated carbocycles. The number of aliphatic carboxylic acids is 1. The zero-order valence-electron chi connectivity index (χ0n) is 30.2. The monoisotopic (exact) mass is 787 g/mol. The molecule has 4 aromatic rings. The molecule has 9 nitrogen and oxygen atoms in total. The van der Waals surface area contributed by atoms with E-state index in [4.69, 9.17) is 16.7 Å². The van der Waals surface area contributed by atoms with Gasteiger partial charge >= 0.3 is 12.1 Å². The van der Waals surface area contributed by atoms with Crippen LogP contribution in [0.2, 0.25) is 5.02 Å². The number of imidazole rings is 1. The second-order valence-corrected chi connectivity index (χ2v) is 14.9. The van der Waals surface area contributed by atoms with Crippen LogP contribution in [0.4, 0.5) is 33.6 Å². The van der Waals surface area contributed by atoms with Gasteiger partial charge in [-0.25, -0.2) is 13.8 Å². The van der Waals surface area contributed by atoms with Crippen molar-refractivity contribution in [3.63, 3.8) is 0 Å². The number of carbonyl (C=O) groups excluding carboxylic acids is 2. The van der Waals surface area contributed by atoms with Crippen LogP contribution in [0.5, 0.6) is 0 Å². The predicted molar refractivity (Wildman–Crippen MR) is 199 cm³/mol. The number of halogens is 6. The molecule has 294 valence electrons. The zero-order chi connectivity index (χ0) is 39.3. The van der Waals surface area contributed by atoms with Gasteiger partial charge in [-0.1, -0.05) is 74.4 Å². The molecule has 15 heteroatoms. The van der Waals surface area contributed by atoms with Gasteiger partial charge in [-0.2, -0.15) is 13.2 Å². The Labute approximate surface area is 320 Å². The highest BCUT2D eigenvalue weighted by Crippen LogP contribution is 2.58. The summed E-state index contributed by atoms with van der Waals surface area (Å²) >= 11 is 6.12. The van der Waals surface area contributed by atoms with Gasteiger partial charge in [0.15, 0.2) is 0 Å². The maximum absolute atomic E-state index is 14.2. The first kappa shape index (κ1) is 40.0. The third kappa shape index (κ3) is 9.06. The maximum atomic E-state index is 14.2. The summed E-state index contributed by atoms with van der Waals surface area (Å²) in [7, 11) is 0. The van der Waals surface area contributed by atoms with Crippen molar-refractivity contribution in [2.75, 3.05) is 22.9 Å². The molecule has 0 radical (unpaired) electrons. The van der Waals surface area contributed by atoms with Crippen LogP contribution in [-0.4, -0.2) is 45.9 Å². The van der Waals surface area contributed by atoms with Crippen molar-refractivity contribution in [2.45, 2.75) is 95.8 Å². The number of carboxylic acid groups (broad SMARTS) is 1. The van der Waals surface area contributed by atoms with E-state index in [1.807, 2.05) is 29.2 Å². The molecule has 3 N–H and O–H groups in total. The molecule has 3 aromatic carbocycles. The molecule has 1 unspecified atom stereocenters. The summed E-state index contributed by atoms with van der Waals surface area (Å²) in [5.74, 6) is -2.69. The SMILES string of the molecule is O=C(O)CCCCCCCCCCC(=O)NCc1ccc(C2N(c3ccc(F)c(Cl)c3)C(=O)C23CCN(c2nc4cc(F)c(C(F)(F)F)cc4[nH]2)CC3)cc1.